The van der Waals surface area contributed by atoms with Gasteiger partial charge in [-0.3, -0.25) is 10.1 Å². The van der Waals surface area contributed by atoms with Crippen LogP contribution in [0, 0.1) is 0 Å². The maximum Gasteiger partial charge on any atom is 0.323 e. The van der Waals surface area contributed by atoms with E-state index in [1.54, 1.807) is 6.92 Å². The van der Waals surface area contributed by atoms with Crippen molar-refractivity contribution in [3.05, 3.63) is 0 Å². The van der Waals surface area contributed by atoms with Crippen molar-refractivity contribution in [3.63, 3.8) is 0 Å². The molecular weight excluding hydrogens is 206 g/mol. The van der Waals surface area contributed by atoms with Gasteiger partial charge in [-0.25, -0.2) is 0 Å². The van der Waals surface area contributed by atoms with Crippen LogP contribution in [0.2, 0.25) is 0 Å². The van der Waals surface area contributed by atoms with Crippen molar-refractivity contribution in [3.8, 4) is 0 Å². The summed E-state index contributed by atoms with van der Waals surface area (Å²) in [4.78, 5) is 11.3. The second-order valence-corrected chi connectivity index (χ2v) is 5.16. The van der Waals surface area contributed by atoms with Gasteiger partial charge in [-0.15, -0.1) is 0 Å². The lowest BCUT2D eigenvalue weighted by Crippen LogP contribution is -2.61. The minimum atomic E-state index is -0.915. The Kier molecular flexibility index (Phi) is 4.33. The van der Waals surface area contributed by atoms with E-state index in [9.17, 15) is 15.0 Å². The Labute approximate surface area is 97.0 Å². The molecule has 16 heavy (non-hydrogen) atoms. The van der Waals surface area contributed by atoms with E-state index in [1.807, 2.05) is 6.92 Å². The summed E-state index contributed by atoms with van der Waals surface area (Å²) in [5, 5.41) is 22.0. The number of nitrogens with one attached hydrogen (secondary N) is 1. The third-order valence-electron chi connectivity index (χ3n) is 3.63. The highest BCUT2D eigenvalue weighted by Gasteiger charge is 2.42. The van der Waals surface area contributed by atoms with E-state index in [4.69, 9.17) is 0 Å². The largest absolute Gasteiger partial charge is 0.480 e. The summed E-state index contributed by atoms with van der Waals surface area (Å²) in [5.74, 6) is -0.825. The van der Waals surface area contributed by atoms with Crippen molar-refractivity contribution in [1.82, 2.24) is 5.32 Å². The number of rotatable bonds is 6. The van der Waals surface area contributed by atoms with E-state index >= 15 is 0 Å². The van der Waals surface area contributed by atoms with Crippen LogP contribution in [0.3, 0.4) is 0 Å². The number of aliphatic hydroxyl groups excluding tert-OH is 1. The molecule has 3 N–H and O–H groups in total. The Morgan fingerprint density at radius 3 is 2.38 bits per heavy atom. The maximum atomic E-state index is 11.3. The first-order valence-electron chi connectivity index (χ1n) is 6.12. The van der Waals surface area contributed by atoms with Gasteiger partial charge in [-0.05, 0) is 26.2 Å². The summed E-state index contributed by atoms with van der Waals surface area (Å²) in [6.45, 7) is 3.72. The van der Waals surface area contributed by atoms with Gasteiger partial charge in [0.1, 0.15) is 5.54 Å². The van der Waals surface area contributed by atoms with Gasteiger partial charge in [0.25, 0.3) is 0 Å². The average Bonchev–Trinajstić information content (AvgIpc) is 2.67. The molecule has 1 aliphatic carbocycles. The molecule has 0 spiro atoms. The fourth-order valence-corrected chi connectivity index (χ4v) is 2.68. The van der Waals surface area contributed by atoms with Crippen LogP contribution in [0.15, 0.2) is 0 Å². The molecule has 1 saturated carbocycles. The van der Waals surface area contributed by atoms with E-state index in [0.29, 0.717) is 6.42 Å². The highest BCUT2D eigenvalue weighted by molar-refractivity contribution is 5.78. The zero-order chi connectivity index (χ0) is 12.2. The molecule has 1 unspecified atom stereocenters. The number of aliphatic hydroxyl groups is 1. The zero-order valence-electron chi connectivity index (χ0n) is 10.3. The van der Waals surface area contributed by atoms with Crippen molar-refractivity contribution in [2.45, 2.75) is 63.5 Å². The highest BCUT2D eigenvalue weighted by Crippen LogP contribution is 2.32. The van der Waals surface area contributed by atoms with Gasteiger partial charge in [0, 0.05) is 5.54 Å². The van der Waals surface area contributed by atoms with Gasteiger partial charge in [-0.1, -0.05) is 26.2 Å². The van der Waals surface area contributed by atoms with Crippen molar-refractivity contribution >= 4 is 5.97 Å². The van der Waals surface area contributed by atoms with Crippen molar-refractivity contribution in [2.24, 2.45) is 0 Å². The predicted octanol–water partition coefficient (Wildman–Crippen LogP) is 1.52. The van der Waals surface area contributed by atoms with E-state index < -0.39 is 11.5 Å². The second-order valence-electron chi connectivity index (χ2n) is 5.16. The Morgan fingerprint density at radius 1 is 1.44 bits per heavy atom. The predicted molar refractivity (Wildman–Crippen MR) is 62.4 cm³/mol. The van der Waals surface area contributed by atoms with Crippen molar-refractivity contribution < 1.29 is 15.0 Å². The minimum absolute atomic E-state index is 0.0274. The summed E-state index contributed by atoms with van der Waals surface area (Å²) >= 11 is 0. The highest BCUT2D eigenvalue weighted by atomic mass is 16.4. The number of hydrogen-bond acceptors (Lipinski definition) is 3. The third-order valence-corrected chi connectivity index (χ3v) is 3.63. The lowest BCUT2D eigenvalue weighted by molar-refractivity contribution is -0.145. The number of carboxylic acids is 1. The number of aliphatic carboxylic acids is 1. The zero-order valence-corrected chi connectivity index (χ0v) is 10.3. The minimum Gasteiger partial charge on any atom is -0.480 e. The van der Waals surface area contributed by atoms with E-state index in [0.717, 1.165) is 32.1 Å². The normalized spacial score (nSPS) is 22.9. The lowest BCUT2D eigenvalue weighted by Gasteiger charge is -2.38. The van der Waals surface area contributed by atoms with E-state index in [-0.39, 0.29) is 12.1 Å². The first-order valence-corrected chi connectivity index (χ1v) is 6.12. The molecule has 1 fully saturated rings. The molecular formula is C12H23NO3. The van der Waals surface area contributed by atoms with Gasteiger partial charge in [0.05, 0.1) is 6.61 Å². The molecule has 0 radical (unpaired) electrons. The number of hydrogen-bond donors (Lipinski definition) is 3. The average molecular weight is 229 g/mol. The summed E-state index contributed by atoms with van der Waals surface area (Å²) in [6.07, 6.45) is 5.28. The van der Waals surface area contributed by atoms with Crippen LogP contribution < -0.4 is 5.32 Å². The fraction of sp³-hybridized carbons (Fsp3) is 0.917. The van der Waals surface area contributed by atoms with E-state index in [1.165, 1.54) is 0 Å². The summed E-state index contributed by atoms with van der Waals surface area (Å²) in [6, 6.07) is 0. The second kappa shape index (κ2) is 5.15. The molecule has 0 amide bonds. The standard InChI is InChI=1S/C12H23NO3/c1-3-6-11(2,10(15)16)13-12(9-14)7-4-5-8-12/h13-14H,3-9H2,1-2H3,(H,15,16). The lowest BCUT2D eigenvalue weighted by atomic mass is 9.89. The first-order chi connectivity index (χ1) is 7.48. The maximum absolute atomic E-state index is 11.3. The van der Waals surface area contributed by atoms with Crippen molar-refractivity contribution in [2.75, 3.05) is 6.61 Å². The molecule has 4 heteroatoms. The van der Waals surface area contributed by atoms with E-state index in [2.05, 4.69) is 5.32 Å². The topological polar surface area (TPSA) is 69.6 Å². The molecule has 0 heterocycles. The quantitative estimate of drug-likeness (QED) is 0.646. The first kappa shape index (κ1) is 13.5. The fourth-order valence-electron chi connectivity index (χ4n) is 2.68. The molecule has 94 valence electrons. The summed E-state index contributed by atoms with van der Waals surface area (Å²) in [5.41, 5.74) is -1.29. The molecule has 0 aromatic heterocycles. The van der Waals surface area contributed by atoms with Gasteiger partial charge < -0.3 is 10.2 Å². The van der Waals surface area contributed by atoms with Crippen LogP contribution in [0.1, 0.15) is 52.4 Å². The van der Waals surface area contributed by atoms with Crippen LogP contribution in [0.5, 0.6) is 0 Å². The summed E-state index contributed by atoms with van der Waals surface area (Å²) in [7, 11) is 0. The van der Waals surface area contributed by atoms with Crippen LogP contribution in [-0.2, 0) is 4.79 Å². The molecule has 0 saturated heterocycles. The van der Waals surface area contributed by atoms with Crippen LogP contribution >= 0.6 is 0 Å². The molecule has 0 bridgehead atoms. The van der Waals surface area contributed by atoms with Gasteiger partial charge in [0.15, 0.2) is 0 Å². The molecule has 0 aliphatic heterocycles. The number of carboxylic acid groups (broad SMARTS) is 1. The smallest absolute Gasteiger partial charge is 0.323 e. The Hall–Kier alpha value is -0.610. The van der Waals surface area contributed by atoms with Gasteiger partial charge >= 0.3 is 5.97 Å². The SMILES string of the molecule is CCCC(C)(NC1(CO)CCCC1)C(=O)O. The number of carbonyl (C=O) groups is 1. The summed E-state index contributed by atoms with van der Waals surface area (Å²) < 4.78 is 0. The Balaban J connectivity index is 2.77. The van der Waals surface area contributed by atoms with Gasteiger partial charge in [-0.2, -0.15) is 0 Å². The third kappa shape index (κ3) is 2.74. The van der Waals surface area contributed by atoms with Crippen LogP contribution in [-0.4, -0.2) is 33.9 Å². The molecule has 0 aromatic rings. The van der Waals surface area contributed by atoms with Crippen LogP contribution in [0.25, 0.3) is 0 Å². The molecule has 1 atom stereocenters. The Bertz CT molecular complexity index is 249. The van der Waals surface area contributed by atoms with Crippen molar-refractivity contribution in [1.29, 1.82) is 0 Å². The monoisotopic (exact) mass is 229 g/mol. The molecule has 1 aliphatic rings. The van der Waals surface area contributed by atoms with Gasteiger partial charge in [0.2, 0.25) is 0 Å². The molecule has 1 rings (SSSR count). The molecule has 4 nitrogen and oxygen atoms in total. The molecule has 0 aromatic carbocycles. The van der Waals surface area contributed by atoms with Crippen LogP contribution in [0.4, 0.5) is 0 Å². The Morgan fingerprint density at radius 2 is 2.00 bits per heavy atom.